The van der Waals surface area contributed by atoms with Gasteiger partial charge in [0.2, 0.25) is 0 Å². The molecule has 0 amide bonds. The second kappa shape index (κ2) is 4.58. The smallest absolute Gasteiger partial charge is 0.107 e. The van der Waals surface area contributed by atoms with E-state index in [9.17, 15) is 0 Å². The molecule has 0 radical (unpaired) electrons. The zero-order valence-corrected chi connectivity index (χ0v) is 12.4. The highest BCUT2D eigenvalue weighted by molar-refractivity contribution is 7.09. The number of fused-ring (bicyclic) bond motifs is 1. The molecule has 2 aliphatic rings. The summed E-state index contributed by atoms with van der Waals surface area (Å²) in [7, 11) is 0. The van der Waals surface area contributed by atoms with Gasteiger partial charge in [-0.1, -0.05) is 20.8 Å². The summed E-state index contributed by atoms with van der Waals surface area (Å²) in [5.74, 6) is 1.76. The van der Waals surface area contributed by atoms with Crippen molar-refractivity contribution in [2.45, 2.75) is 32.7 Å². The van der Waals surface area contributed by atoms with Gasteiger partial charge in [0.15, 0.2) is 0 Å². The molecule has 0 aromatic carbocycles. The Kier molecular flexibility index (Phi) is 3.20. The summed E-state index contributed by atoms with van der Waals surface area (Å²) in [4.78, 5) is 7.38. The molecule has 0 saturated carbocycles. The van der Waals surface area contributed by atoms with Gasteiger partial charge in [-0.2, -0.15) is 0 Å². The fourth-order valence-corrected chi connectivity index (χ4v) is 4.06. The SMILES string of the molecule is CC(C)(C)c1csc(CN2C[C@H]3CNC[C@H]3C2)n1. The largest absolute Gasteiger partial charge is 0.316 e. The van der Waals surface area contributed by atoms with Crippen LogP contribution < -0.4 is 5.32 Å². The van der Waals surface area contributed by atoms with Crippen LogP contribution in [0.15, 0.2) is 5.38 Å². The lowest BCUT2D eigenvalue weighted by atomic mass is 9.93. The summed E-state index contributed by atoms with van der Waals surface area (Å²) < 4.78 is 0. The van der Waals surface area contributed by atoms with Gasteiger partial charge in [0, 0.05) is 23.9 Å². The minimum atomic E-state index is 0.181. The first kappa shape index (κ1) is 12.6. The molecule has 0 unspecified atom stereocenters. The Morgan fingerprint density at radius 2 is 2.00 bits per heavy atom. The van der Waals surface area contributed by atoms with E-state index < -0.39 is 0 Å². The van der Waals surface area contributed by atoms with E-state index in [1.54, 1.807) is 0 Å². The maximum Gasteiger partial charge on any atom is 0.107 e. The molecule has 1 aromatic rings. The van der Waals surface area contributed by atoms with Gasteiger partial charge < -0.3 is 5.32 Å². The Labute approximate surface area is 114 Å². The average molecular weight is 265 g/mol. The quantitative estimate of drug-likeness (QED) is 0.887. The van der Waals surface area contributed by atoms with Crippen molar-refractivity contribution in [3.63, 3.8) is 0 Å². The summed E-state index contributed by atoms with van der Waals surface area (Å²) in [5, 5.41) is 7.01. The zero-order valence-electron chi connectivity index (χ0n) is 11.6. The number of rotatable bonds is 2. The molecule has 100 valence electrons. The number of hydrogen-bond donors (Lipinski definition) is 1. The van der Waals surface area contributed by atoms with E-state index in [4.69, 9.17) is 4.98 Å². The molecule has 3 nitrogen and oxygen atoms in total. The molecule has 18 heavy (non-hydrogen) atoms. The number of hydrogen-bond acceptors (Lipinski definition) is 4. The van der Waals surface area contributed by atoms with E-state index >= 15 is 0 Å². The van der Waals surface area contributed by atoms with E-state index in [-0.39, 0.29) is 5.41 Å². The normalized spacial score (nSPS) is 28.8. The molecule has 2 saturated heterocycles. The van der Waals surface area contributed by atoms with Gasteiger partial charge in [0.1, 0.15) is 5.01 Å². The van der Waals surface area contributed by atoms with E-state index in [1.807, 2.05) is 11.3 Å². The van der Waals surface area contributed by atoms with E-state index in [0.717, 1.165) is 18.4 Å². The van der Waals surface area contributed by atoms with Crippen molar-refractivity contribution in [1.82, 2.24) is 15.2 Å². The Hall–Kier alpha value is -0.450. The van der Waals surface area contributed by atoms with Gasteiger partial charge >= 0.3 is 0 Å². The topological polar surface area (TPSA) is 28.2 Å². The van der Waals surface area contributed by atoms with Crippen LogP contribution in [-0.4, -0.2) is 36.1 Å². The van der Waals surface area contributed by atoms with Crippen LogP contribution >= 0.6 is 11.3 Å². The Bertz CT molecular complexity index is 409. The third kappa shape index (κ3) is 2.46. The lowest BCUT2D eigenvalue weighted by Crippen LogP contribution is -2.25. The fourth-order valence-electron chi connectivity index (χ4n) is 3.00. The summed E-state index contributed by atoms with van der Waals surface area (Å²) >= 11 is 1.82. The third-order valence-electron chi connectivity index (χ3n) is 4.14. The molecule has 0 bridgehead atoms. The van der Waals surface area contributed by atoms with Gasteiger partial charge in [0.05, 0.1) is 12.2 Å². The molecule has 2 atom stereocenters. The first-order chi connectivity index (χ1) is 8.52. The minimum absolute atomic E-state index is 0.181. The molecule has 0 spiro atoms. The predicted molar refractivity (Wildman–Crippen MR) is 75.9 cm³/mol. The van der Waals surface area contributed by atoms with Crippen molar-refractivity contribution in [1.29, 1.82) is 0 Å². The van der Waals surface area contributed by atoms with Crippen LogP contribution in [0.4, 0.5) is 0 Å². The number of likely N-dealkylation sites (tertiary alicyclic amines) is 1. The number of thiazole rings is 1. The number of nitrogens with one attached hydrogen (secondary N) is 1. The van der Waals surface area contributed by atoms with Crippen LogP contribution in [0, 0.1) is 11.8 Å². The molecule has 1 N–H and O–H groups in total. The van der Waals surface area contributed by atoms with Crippen molar-refractivity contribution in [3.8, 4) is 0 Å². The summed E-state index contributed by atoms with van der Waals surface area (Å²) in [6, 6.07) is 0. The Morgan fingerprint density at radius 3 is 2.56 bits per heavy atom. The fraction of sp³-hybridized carbons (Fsp3) is 0.786. The molecular formula is C14H23N3S. The van der Waals surface area contributed by atoms with E-state index in [0.29, 0.717) is 0 Å². The van der Waals surface area contributed by atoms with Gasteiger partial charge in [-0.25, -0.2) is 4.98 Å². The third-order valence-corrected chi connectivity index (χ3v) is 4.98. The monoisotopic (exact) mass is 265 g/mol. The molecule has 4 heteroatoms. The maximum atomic E-state index is 4.80. The van der Waals surface area contributed by atoms with E-state index in [2.05, 4.69) is 36.4 Å². The van der Waals surface area contributed by atoms with Gasteiger partial charge in [-0.05, 0) is 24.9 Å². The van der Waals surface area contributed by atoms with E-state index in [1.165, 1.54) is 36.9 Å². The lowest BCUT2D eigenvalue weighted by Gasteiger charge is -2.16. The summed E-state index contributed by atoms with van der Waals surface area (Å²) in [5.41, 5.74) is 1.42. The molecule has 3 rings (SSSR count). The molecule has 3 heterocycles. The van der Waals surface area contributed by atoms with Crippen LogP contribution in [0.2, 0.25) is 0 Å². The first-order valence-corrected chi connectivity index (χ1v) is 7.78. The number of nitrogens with zero attached hydrogens (tertiary/aromatic N) is 2. The van der Waals surface area contributed by atoms with Crippen molar-refractivity contribution in [3.05, 3.63) is 16.1 Å². The van der Waals surface area contributed by atoms with Crippen molar-refractivity contribution >= 4 is 11.3 Å². The highest BCUT2D eigenvalue weighted by Crippen LogP contribution is 2.29. The lowest BCUT2D eigenvalue weighted by molar-refractivity contribution is 0.304. The Balaban J connectivity index is 1.62. The van der Waals surface area contributed by atoms with Gasteiger partial charge in [0.25, 0.3) is 0 Å². The second-order valence-corrected chi connectivity index (χ2v) is 7.69. The van der Waals surface area contributed by atoms with Crippen LogP contribution in [-0.2, 0) is 12.0 Å². The second-order valence-electron chi connectivity index (χ2n) is 6.75. The van der Waals surface area contributed by atoms with Crippen molar-refractivity contribution in [2.24, 2.45) is 11.8 Å². The minimum Gasteiger partial charge on any atom is -0.316 e. The molecular weight excluding hydrogens is 242 g/mol. The average Bonchev–Trinajstić information content (AvgIpc) is 2.90. The molecule has 1 aromatic heterocycles. The molecule has 2 aliphatic heterocycles. The van der Waals surface area contributed by atoms with Crippen molar-refractivity contribution < 1.29 is 0 Å². The van der Waals surface area contributed by atoms with Crippen LogP contribution in [0.25, 0.3) is 0 Å². The Morgan fingerprint density at radius 1 is 1.33 bits per heavy atom. The van der Waals surface area contributed by atoms with Crippen LogP contribution in [0.5, 0.6) is 0 Å². The van der Waals surface area contributed by atoms with Crippen molar-refractivity contribution in [2.75, 3.05) is 26.2 Å². The summed E-state index contributed by atoms with van der Waals surface area (Å²) in [6.07, 6.45) is 0. The highest BCUT2D eigenvalue weighted by Gasteiger charge is 2.36. The molecule has 2 fully saturated rings. The van der Waals surface area contributed by atoms with Crippen LogP contribution in [0.3, 0.4) is 0 Å². The van der Waals surface area contributed by atoms with Gasteiger partial charge in [-0.15, -0.1) is 11.3 Å². The highest BCUT2D eigenvalue weighted by atomic mass is 32.1. The molecule has 0 aliphatic carbocycles. The van der Waals surface area contributed by atoms with Gasteiger partial charge in [-0.3, -0.25) is 4.90 Å². The summed E-state index contributed by atoms with van der Waals surface area (Å²) in [6.45, 7) is 12.7. The number of aromatic nitrogens is 1. The first-order valence-electron chi connectivity index (χ1n) is 6.90. The standard InChI is InChI=1S/C14H23N3S/c1-14(2,3)12-9-18-13(16-12)8-17-6-10-4-15-5-11(10)7-17/h9-11,15H,4-8H2,1-3H3/t10-,11+. The zero-order chi connectivity index (χ0) is 12.8. The maximum absolute atomic E-state index is 4.80. The predicted octanol–water partition coefficient (Wildman–Crippen LogP) is 2.09. The van der Waals surface area contributed by atoms with Crippen LogP contribution in [0.1, 0.15) is 31.5 Å².